The van der Waals surface area contributed by atoms with Gasteiger partial charge in [0.25, 0.3) is 0 Å². The van der Waals surface area contributed by atoms with Crippen LogP contribution >= 0.6 is 0 Å². The lowest BCUT2D eigenvalue weighted by Crippen LogP contribution is -2.51. The second-order valence-electron chi connectivity index (χ2n) is 13.9. The van der Waals surface area contributed by atoms with Gasteiger partial charge in [0.05, 0.1) is 5.92 Å². The van der Waals surface area contributed by atoms with Crippen molar-refractivity contribution in [2.45, 2.75) is 119 Å². The van der Waals surface area contributed by atoms with Crippen LogP contribution in [0.3, 0.4) is 0 Å². The van der Waals surface area contributed by atoms with Crippen molar-refractivity contribution in [1.82, 2.24) is 0 Å². The number of allylic oxidation sites excluding steroid dienone is 3. The lowest BCUT2D eigenvalue weighted by molar-refractivity contribution is -0.156. The Balaban J connectivity index is 1.46. The highest BCUT2D eigenvalue weighted by atomic mass is 16.5. The largest absolute Gasteiger partial charge is 0.462 e. The summed E-state index contributed by atoms with van der Waals surface area (Å²) in [7, 11) is 0. The minimum absolute atomic E-state index is 0.00627. The molecule has 0 bridgehead atoms. The van der Waals surface area contributed by atoms with E-state index in [1.165, 1.54) is 38.5 Å². The van der Waals surface area contributed by atoms with Gasteiger partial charge in [0.1, 0.15) is 6.10 Å². The summed E-state index contributed by atoms with van der Waals surface area (Å²) < 4.78 is 5.97. The molecule has 3 saturated carbocycles. The molecule has 0 amide bonds. The standard InChI is InChI=1S/C33H54O2/c1-9-22(4)31(34)35-26-16-18-32(7)25(20-26)12-13-27-29-15-14-28(33(29,8)19-17-30(27)32)24(6)11-10-23(5)21(2)3/h10-12,21-24,26-30H,9,13-20H2,1-8H3/b11-10+. The Morgan fingerprint density at radius 2 is 1.77 bits per heavy atom. The molecule has 0 aromatic heterocycles. The van der Waals surface area contributed by atoms with Gasteiger partial charge in [0.2, 0.25) is 0 Å². The Labute approximate surface area is 216 Å². The van der Waals surface area contributed by atoms with Crippen molar-refractivity contribution in [3.8, 4) is 0 Å². The quantitative estimate of drug-likeness (QED) is 0.267. The molecule has 0 aromatic rings. The number of ether oxygens (including phenoxy) is 1. The summed E-state index contributed by atoms with van der Waals surface area (Å²) in [5.41, 5.74) is 2.43. The zero-order chi connectivity index (χ0) is 25.5. The van der Waals surface area contributed by atoms with Crippen LogP contribution in [0.5, 0.6) is 0 Å². The van der Waals surface area contributed by atoms with E-state index in [-0.39, 0.29) is 18.0 Å². The van der Waals surface area contributed by atoms with Crippen LogP contribution in [0.25, 0.3) is 0 Å². The highest BCUT2D eigenvalue weighted by molar-refractivity contribution is 5.72. The molecule has 0 aliphatic heterocycles. The second kappa shape index (κ2) is 10.4. The molecular formula is C33H54O2. The van der Waals surface area contributed by atoms with Crippen molar-refractivity contribution in [1.29, 1.82) is 0 Å². The fourth-order valence-electron chi connectivity index (χ4n) is 8.79. The van der Waals surface area contributed by atoms with E-state index in [1.54, 1.807) is 5.57 Å². The lowest BCUT2D eigenvalue weighted by Gasteiger charge is -2.58. The van der Waals surface area contributed by atoms with Gasteiger partial charge in [-0.2, -0.15) is 0 Å². The average molecular weight is 483 g/mol. The van der Waals surface area contributed by atoms with Crippen molar-refractivity contribution in [2.75, 3.05) is 0 Å². The molecule has 10 unspecified atom stereocenters. The molecule has 35 heavy (non-hydrogen) atoms. The summed E-state index contributed by atoms with van der Waals surface area (Å²) in [6, 6.07) is 0. The van der Waals surface area contributed by atoms with Crippen LogP contribution in [0.15, 0.2) is 23.8 Å². The summed E-state index contributed by atoms with van der Waals surface area (Å²) in [5.74, 6) is 5.46. The number of hydrogen-bond donors (Lipinski definition) is 0. The fraction of sp³-hybridized carbons (Fsp3) is 0.848. The molecule has 3 fully saturated rings. The Bertz CT molecular complexity index is 823. The maximum Gasteiger partial charge on any atom is 0.308 e. The number of fused-ring (bicyclic) bond motifs is 5. The molecule has 0 radical (unpaired) electrons. The van der Waals surface area contributed by atoms with Crippen LogP contribution in [0, 0.1) is 58.2 Å². The lowest BCUT2D eigenvalue weighted by atomic mass is 9.47. The topological polar surface area (TPSA) is 26.3 Å². The number of esters is 1. The molecule has 0 N–H and O–H groups in total. The van der Waals surface area contributed by atoms with Gasteiger partial charge < -0.3 is 4.74 Å². The zero-order valence-corrected chi connectivity index (χ0v) is 24.1. The number of carbonyl (C=O) groups is 1. The maximum absolute atomic E-state index is 12.4. The third-order valence-corrected chi connectivity index (χ3v) is 11.8. The van der Waals surface area contributed by atoms with Crippen LogP contribution in [-0.2, 0) is 9.53 Å². The fourth-order valence-corrected chi connectivity index (χ4v) is 8.79. The highest BCUT2D eigenvalue weighted by Crippen LogP contribution is 2.67. The van der Waals surface area contributed by atoms with E-state index >= 15 is 0 Å². The molecule has 4 aliphatic rings. The first-order valence-corrected chi connectivity index (χ1v) is 15.1. The third kappa shape index (κ3) is 4.94. The van der Waals surface area contributed by atoms with Crippen molar-refractivity contribution in [3.05, 3.63) is 23.8 Å². The Morgan fingerprint density at radius 1 is 1.03 bits per heavy atom. The molecule has 2 nitrogen and oxygen atoms in total. The van der Waals surface area contributed by atoms with E-state index in [9.17, 15) is 4.79 Å². The summed E-state index contributed by atoms with van der Waals surface area (Å²) in [6.07, 6.45) is 18.7. The van der Waals surface area contributed by atoms with E-state index in [0.29, 0.717) is 22.7 Å². The van der Waals surface area contributed by atoms with Gasteiger partial charge in [-0.3, -0.25) is 4.79 Å². The molecule has 2 heteroatoms. The van der Waals surface area contributed by atoms with Crippen molar-refractivity contribution in [2.24, 2.45) is 58.2 Å². The molecule has 0 heterocycles. The summed E-state index contributed by atoms with van der Waals surface area (Å²) >= 11 is 0. The first-order chi connectivity index (χ1) is 16.5. The predicted molar refractivity (Wildman–Crippen MR) is 147 cm³/mol. The van der Waals surface area contributed by atoms with E-state index in [2.05, 4.69) is 66.7 Å². The van der Waals surface area contributed by atoms with Crippen molar-refractivity contribution in [3.63, 3.8) is 0 Å². The molecule has 0 aromatic carbocycles. The average Bonchev–Trinajstić information content (AvgIpc) is 3.19. The molecule has 0 spiro atoms. The summed E-state index contributed by atoms with van der Waals surface area (Å²) in [6.45, 7) is 18.8. The molecular weight excluding hydrogens is 428 g/mol. The smallest absolute Gasteiger partial charge is 0.308 e. The maximum atomic E-state index is 12.4. The van der Waals surface area contributed by atoms with Gasteiger partial charge in [0, 0.05) is 6.42 Å². The van der Waals surface area contributed by atoms with Gasteiger partial charge >= 0.3 is 5.97 Å². The van der Waals surface area contributed by atoms with Gasteiger partial charge in [-0.05, 0) is 104 Å². The van der Waals surface area contributed by atoms with Crippen LogP contribution in [-0.4, -0.2) is 12.1 Å². The van der Waals surface area contributed by atoms with Gasteiger partial charge in [-0.15, -0.1) is 0 Å². The first kappa shape index (κ1) is 27.0. The molecule has 4 aliphatic carbocycles. The van der Waals surface area contributed by atoms with Crippen LogP contribution in [0.1, 0.15) is 113 Å². The minimum atomic E-state index is 0.00627. The zero-order valence-electron chi connectivity index (χ0n) is 24.1. The minimum Gasteiger partial charge on any atom is -0.462 e. The SMILES string of the molecule is CCC(C)C(=O)OC1CCC2(C)C(=CCC3C2CCC2(C)C(C(C)/C=C/C(C)C(C)C)CCC32)C1. The molecule has 4 rings (SSSR count). The van der Waals surface area contributed by atoms with Crippen LogP contribution in [0.4, 0.5) is 0 Å². The van der Waals surface area contributed by atoms with Crippen molar-refractivity contribution < 1.29 is 9.53 Å². The predicted octanol–water partition coefficient (Wildman–Crippen LogP) is 9.01. The van der Waals surface area contributed by atoms with Crippen LogP contribution < -0.4 is 0 Å². The number of carbonyl (C=O) groups excluding carboxylic acids is 1. The number of hydrogen-bond acceptors (Lipinski definition) is 2. The summed E-state index contributed by atoms with van der Waals surface area (Å²) in [5, 5.41) is 0. The molecule has 198 valence electrons. The highest BCUT2D eigenvalue weighted by Gasteiger charge is 2.59. The van der Waals surface area contributed by atoms with Crippen molar-refractivity contribution >= 4 is 5.97 Å². The second-order valence-corrected chi connectivity index (χ2v) is 13.9. The van der Waals surface area contributed by atoms with Gasteiger partial charge in [-0.1, -0.05) is 79.2 Å². The van der Waals surface area contributed by atoms with Crippen LogP contribution in [0.2, 0.25) is 0 Å². The monoisotopic (exact) mass is 482 g/mol. The van der Waals surface area contributed by atoms with E-state index < -0.39 is 0 Å². The van der Waals surface area contributed by atoms with Gasteiger partial charge in [0.15, 0.2) is 0 Å². The Hall–Kier alpha value is -1.05. The molecule has 0 saturated heterocycles. The molecule has 10 atom stereocenters. The normalized spacial score (nSPS) is 41.5. The Kier molecular flexibility index (Phi) is 8.00. The third-order valence-electron chi connectivity index (χ3n) is 11.8. The van der Waals surface area contributed by atoms with E-state index in [4.69, 9.17) is 4.74 Å². The first-order valence-electron chi connectivity index (χ1n) is 15.1. The van der Waals surface area contributed by atoms with Gasteiger partial charge in [-0.25, -0.2) is 0 Å². The summed E-state index contributed by atoms with van der Waals surface area (Å²) in [4.78, 5) is 12.4. The van der Waals surface area contributed by atoms with E-state index in [0.717, 1.165) is 48.9 Å². The van der Waals surface area contributed by atoms with E-state index in [1.807, 2.05) is 6.92 Å². The Morgan fingerprint density at radius 3 is 2.46 bits per heavy atom. The number of rotatable bonds is 7.